The fourth-order valence-corrected chi connectivity index (χ4v) is 3.99. The van der Waals surface area contributed by atoms with Crippen LogP contribution in [0.2, 0.25) is 0 Å². The number of rotatable bonds is 8. The molecule has 5 N–H and O–H groups in total. The third-order valence-corrected chi connectivity index (χ3v) is 5.61. The van der Waals surface area contributed by atoms with Gasteiger partial charge in [0.05, 0.1) is 18.3 Å². The Balaban J connectivity index is 1.66. The average molecular weight is 442 g/mol. The standard InChI is InChI=1S/C22H23FN4O5/c1-3-13(14-7-4-10(2)32-14)25-18-19(21(30)20(18)29)26-17-12(23)6-5-11-8-27(9-15(24)28)22(31)16(11)17/h4-7,13,22,25-26,31H,3,8-9H2,1-2H3,(H2,24,28)/t13-,22?/m1/s1. The van der Waals surface area contributed by atoms with Crippen LogP contribution in [0.3, 0.4) is 0 Å². The monoisotopic (exact) mass is 442 g/mol. The van der Waals surface area contributed by atoms with Crippen molar-refractivity contribution in [2.75, 3.05) is 17.2 Å². The van der Waals surface area contributed by atoms with Gasteiger partial charge >= 0.3 is 0 Å². The minimum absolute atomic E-state index is 0.0226. The van der Waals surface area contributed by atoms with E-state index in [1.165, 1.54) is 17.0 Å². The van der Waals surface area contributed by atoms with Gasteiger partial charge in [0.25, 0.3) is 10.9 Å². The van der Waals surface area contributed by atoms with E-state index >= 15 is 0 Å². The first-order valence-corrected chi connectivity index (χ1v) is 10.2. The first kappa shape index (κ1) is 21.7. The summed E-state index contributed by atoms with van der Waals surface area (Å²) < 4.78 is 20.4. The Morgan fingerprint density at radius 2 is 1.97 bits per heavy atom. The van der Waals surface area contributed by atoms with Crippen LogP contribution in [0.15, 0.2) is 38.3 Å². The number of furan rings is 1. The largest absolute Gasteiger partial charge is 0.464 e. The van der Waals surface area contributed by atoms with Gasteiger partial charge in [-0.15, -0.1) is 0 Å². The number of fused-ring (bicyclic) bond motifs is 1. The quantitative estimate of drug-likeness (QED) is 0.388. The number of hydrogen-bond donors (Lipinski definition) is 4. The maximum atomic E-state index is 14.7. The lowest BCUT2D eigenvalue weighted by Crippen LogP contribution is -2.37. The maximum absolute atomic E-state index is 14.7. The van der Waals surface area contributed by atoms with E-state index < -0.39 is 28.8 Å². The minimum atomic E-state index is -1.30. The second-order valence-corrected chi connectivity index (χ2v) is 7.83. The van der Waals surface area contributed by atoms with E-state index in [1.54, 1.807) is 19.1 Å². The smallest absolute Gasteiger partial charge is 0.253 e. The van der Waals surface area contributed by atoms with E-state index in [-0.39, 0.29) is 41.8 Å². The molecule has 1 aliphatic heterocycles. The molecule has 2 atom stereocenters. The topological polar surface area (TPSA) is 138 Å². The summed E-state index contributed by atoms with van der Waals surface area (Å²) in [4.78, 5) is 37.2. The molecule has 1 amide bonds. The number of carbonyl (C=O) groups is 1. The molecule has 1 unspecified atom stereocenters. The van der Waals surface area contributed by atoms with Gasteiger partial charge < -0.3 is 25.9 Å². The Morgan fingerprint density at radius 1 is 1.25 bits per heavy atom. The van der Waals surface area contributed by atoms with Crippen molar-refractivity contribution < 1.29 is 18.7 Å². The van der Waals surface area contributed by atoms with E-state index in [2.05, 4.69) is 10.6 Å². The van der Waals surface area contributed by atoms with E-state index in [0.717, 1.165) is 0 Å². The Hall–Kier alpha value is -3.50. The number of nitrogens with one attached hydrogen (secondary N) is 2. The molecule has 0 saturated carbocycles. The molecule has 10 heteroatoms. The fourth-order valence-electron chi connectivity index (χ4n) is 3.99. The molecule has 1 aromatic heterocycles. The van der Waals surface area contributed by atoms with Gasteiger partial charge in [0.2, 0.25) is 5.91 Å². The molecule has 1 aliphatic rings. The van der Waals surface area contributed by atoms with Crippen LogP contribution in [0, 0.1) is 12.7 Å². The van der Waals surface area contributed by atoms with Crippen molar-refractivity contribution in [3.8, 4) is 0 Å². The van der Waals surface area contributed by atoms with Crippen molar-refractivity contribution in [3.63, 3.8) is 0 Å². The number of aryl methyl sites for hydroxylation is 1. The van der Waals surface area contributed by atoms with Crippen LogP contribution in [0.1, 0.15) is 48.3 Å². The van der Waals surface area contributed by atoms with Gasteiger partial charge in [-0.1, -0.05) is 13.0 Å². The lowest BCUT2D eigenvalue weighted by Gasteiger charge is -2.22. The second-order valence-electron chi connectivity index (χ2n) is 7.83. The summed E-state index contributed by atoms with van der Waals surface area (Å²) in [5.41, 5.74) is 4.28. The number of halogens is 1. The number of hydrogen-bond acceptors (Lipinski definition) is 8. The van der Waals surface area contributed by atoms with E-state index in [0.29, 0.717) is 23.5 Å². The number of nitrogens with zero attached hydrogens (tertiary/aromatic N) is 1. The molecule has 0 bridgehead atoms. The minimum Gasteiger partial charge on any atom is -0.464 e. The fraction of sp³-hybridized carbons (Fsp3) is 0.318. The molecule has 0 fully saturated rings. The molecule has 0 spiro atoms. The Morgan fingerprint density at radius 3 is 2.59 bits per heavy atom. The zero-order chi connectivity index (χ0) is 23.2. The number of carbonyl (C=O) groups excluding carboxylic acids is 1. The van der Waals surface area contributed by atoms with Crippen molar-refractivity contribution in [1.29, 1.82) is 0 Å². The molecule has 32 heavy (non-hydrogen) atoms. The van der Waals surface area contributed by atoms with Crippen molar-refractivity contribution in [1.82, 2.24) is 4.90 Å². The SMILES string of the molecule is CC[C@@H](Nc1c(Nc2c(F)ccc3c2C(O)N(CC(N)=O)C3)c(=O)c1=O)c1ccc(C)o1. The summed E-state index contributed by atoms with van der Waals surface area (Å²) in [5.74, 6) is -0.0377. The third kappa shape index (κ3) is 3.67. The number of nitrogens with two attached hydrogens (primary N) is 1. The normalized spacial score (nSPS) is 16.8. The Bertz CT molecular complexity index is 1260. The van der Waals surface area contributed by atoms with Gasteiger partial charge in [-0.3, -0.25) is 19.3 Å². The number of aliphatic hydroxyl groups excluding tert-OH is 1. The van der Waals surface area contributed by atoms with Crippen LogP contribution in [-0.2, 0) is 11.3 Å². The van der Waals surface area contributed by atoms with Gasteiger partial charge in [0.15, 0.2) is 0 Å². The highest BCUT2D eigenvalue weighted by molar-refractivity contribution is 5.81. The molecule has 2 aromatic carbocycles. The van der Waals surface area contributed by atoms with Crippen molar-refractivity contribution in [2.24, 2.45) is 5.73 Å². The number of benzene rings is 1. The predicted molar refractivity (Wildman–Crippen MR) is 116 cm³/mol. The van der Waals surface area contributed by atoms with Gasteiger partial charge in [-0.05, 0) is 37.1 Å². The third-order valence-electron chi connectivity index (χ3n) is 5.61. The summed E-state index contributed by atoms with van der Waals surface area (Å²) in [6.45, 7) is 3.65. The first-order valence-electron chi connectivity index (χ1n) is 10.2. The molecule has 0 saturated heterocycles. The zero-order valence-corrected chi connectivity index (χ0v) is 17.6. The van der Waals surface area contributed by atoms with Gasteiger partial charge in [0.1, 0.15) is 34.9 Å². The van der Waals surface area contributed by atoms with Crippen LogP contribution in [0.5, 0.6) is 0 Å². The van der Waals surface area contributed by atoms with E-state index in [9.17, 15) is 23.9 Å². The summed E-state index contributed by atoms with van der Waals surface area (Å²) >= 11 is 0. The molecule has 0 radical (unpaired) electrons. The van der Waals surface area contributed by atoms with Crippen molar-refractivity contribution in [2.45, 2.75) is 39.1 Å². The van der Waals surface area contributed by atoms with Crippen LogP contribution in [0.4, 0.5) is 21.5 Å². The number of anilines is 3. The van der Waals surface area contributed by atoms with Crippen molar-refractivity contribution >= 4 is 23.0 Å². The number of amides is 1. The van der Waals surface area contributed by atoms with E-state index in [1.807, 2.05) is 6.92 Å². The summed E-state index contributed by atoms with van der Waals surface area (Å²) in [5, 5.41) is 16.4. The lowest BCUT2D eigenvalue weighted by atomic mass is 10.0. The molecular weight excluding hydrogens is 419 g/mol. The molecular formula is C22H23FN4O5. The first-order chi connectivity index (χ1) is 15.2. The molecule has 2 heterocycles. The Labute approximate surface area is 182 Å². The van der Waals surface area contributed by atoms with E-state index in [4.69, 9.17) is 10.2 Å². The summed E-state index contributed by atoms with van der Waals surface area (Å²) in [6, 6.07) is 5.90. The maximum Gasteiger partial charge on any atom is 0.253 e. The van der Waals surface area contributed by atoms with Gasteiger partial charge in [0, 0.05) is 12.1 Å². The highest BCUT2D eigenvalue weighted by Gasteiger charge is 2.34. The Kier molecular flexibility index (Phi) is 5.57. The number of aliphatic hydroxyl groups is 1. The summed E-state index contributed by atoms with van der Waals surface area (Å²) in [7, 11) is 0. The zero-order valence-electron chi connectivity index (χ0n) is 17.6. The van der Waals surface area contributed by atoms with Crippen LogP contribution >= 0.6 is 0 Å². The summed E-state index contributed by atoms with van der Waals surface area (Å²) in [6.07, 6.45) is -0.728. The number of primary amides is 1. The highest BCUT2D eigenvalue weighted by Crippen LogP contribution is 2.40. The molecule has 4 rings (SSSR count). The highest BCUT2D eigenvalue weighted by atomic mass is 19.1. The van der Waals surface area contributed by atoms with Crippen molar-refractivity contribution in [3.05, 3.63) is 73.2 Å². The molecule has 9 nitrogen and oxygen atoms in total. The molecule has 0 aliphatic carbocycles. The van der Waals surface area contributed by atoms with Gasteiger partial charge in [-0.2, -0.15) is 0 Å². The second kappa shape index (κ2) is 8.21. The molecule has 3 aromatic rings. The van der Waals surface area contributed by atoms with Crippen LogP contribution in [-0.4, -0.2) is 22.5 Å². The average Bonchev–Trinajstić information content (AvgIpc) is 3.31. The lowest BCUT2D eigenvalue weighted by molar-refractivity contribution is -0.122. The van der Waals surface area contributed by atoms with Gasteiger partial charge in [-0.25, -0.2) is 4.39 Å². The molecule has 168 valence electrons. The predicted octanol–water partition coefficient (Wildman–Crippen LogP) is 1.92. The van der Waals surface area contributed by atoms with Crippen LogP contribution < -0.4 is 27.2 Å². The van der Waals surface area contributed by atoms with Crippen LogP contribution in [0.25, 0.3) is 0 Å².